The number of unbranched alkanes of at least 4 members (excludes halogenated alkanes) is 1. The van der Waals surface area contributed by atoms with Crippen molar-refractivity contribution in [3.8, 4) is 0 Å². The van der Waals surface area contributed by atoms with Crippen molar-refractivity contribution in [2.75, 3.05) is 41.4 Å². The van der Waals surface area contributed by atoms with Crippen LogP contribution in [0.5, 0.6) is 0 Å². The molecular weight excluding hydrogens is 300 g/mol. The van der Waals surface area contributed by atoms with Crippen LogP contribution in [0.25, 0.3) is 0 Å². The molecule has 0 atom stereocenters. The number of thioether (sulfide) groups is 1. The first-order valence-electron chi connectivity index (χ1n) is 7.54. The molecule has 0 spiro atoms. The van der Waals surface area contributed by atoms with E-state index in [1.807, 2.05) is 17.0 Å². The highest BCUT2D eigenvalue weighted by molar-refractivity contribution is 7.99. The molecule has 2 rings (SSSR count). The summed E-state index contributed by atoms with van der Waals surface area (Å²) in [4.78, 5) is 29.4. The lowest BCUT2D eigenvalue weighted by Crippen LogP contribution is -2.48. The highest BCUT2D eigenvalue weighted by Crippen LogP contribution is 2.15. The number of carbonyl (C=O) groups excluding carboxylic acids is 2. The van der Waals surface area contributed by atoms with Crippen molar-refractivity contribution in [2.45, 2.75) is 19.8 Å². The molecule has 0 saturated carbocycles. The van der Waals surface area contributed by atoms with E-state index in [0.29, 0.717) is 24.5 Å². The van der Waals surface area contributed by atoms with Gasteiger partial charge >= 0.3 is 0 Å². The van der Waals surface area contributed by atoms with Gasteiger partial charge in [-0.1, -0.05) is 13.3 Å². The number of amides is 2. The van der Waals surface area contributed by atoms with Crippen molar-refractivity contribution in [2.24, 2.45) is 0 Å². The lowest BCUT2D eigenvalue weighted by atomic mass is 10.3. The molecule has 6 nitrogen and oxygen atoms in total. The lowest BCUT2D eigenvalue weighted by molar-refractivity contribution is -0.120. The molecule has 1 aromatic rings. The third-order valence-corrected chi connectivity index (χ3v) is 4.31. The van der Waals surface area contributed by atoms with Gasteiger partial charge in [0.25, 0.3) is 0 Å². The van der Waals surface area contributed by atoms with Gasteiger partial charge in [0.1, 0.15) is 5.82 Å². The zero-order chi connectivity index (χ0) is 15.8. The fraction of sp³-hybridized carbons (Fsp3) is 0.533. The second-order valence-electron chi connectivity index (χ2n) is 5.13. The fourth-order valence-corrected chi connectivity index (χ4v) is 2.98. The van der Waals surface area contributed by atoms with Crippen LogP contribution in [0.4, 0.5) is 11.5 Å². The highest BCUT2D eigenvalue weighted by Gasteiger charge is 2.17. The smallest absolute Gasteiger partial charge is 0.239 e. The van der Waals surface area contributed by atoms with Crippen molar-refractivity contribution in [1.29, 1.82) is 0 Å². The average molecular weight is 322 g/mol. The van der Waals surface area contributed by atoms with Crippen LogP contribution in [0.15, 0.2) is 18.3 Å². The van der Waals surface area contributed by atoms with Gasteiger partial charge in [-0.05, 0) is 24.3 Å². The molecular formula is C15H22N4O2S. The maximum Gasteiger partial charge on any atom is 0.239 e. The van der Waals surface area contributed by atoms with Crippen LogP contribution >= 0.6 is 11.8 Å². The molecule has 0 aromatic carbocycles. The van der Waals surface area contributed by atoms with Gasteiger partial charge in [-0.3, -0.25) is 9.59 Å². The number of hydrogen-bond acceptors (Lipinski definition) is 5. The van der Waals surface area contributed by atoms with Gasteiger partial charge in [-0.15, -0.1) is 0 Å². The monoisotopic (exact) mass is 322 g/mol. The van der Waals surface area contributed by atoms with Crippen molar-refractivity contribution >= 4 is 35.1 Å². The summed E-state index contributed by atoms with van der Waals surface area (Å²) in [5.74, 6) is 2.24. The molecule has 0 radical (unpaired) electrons. The van der Waals surface area contributed by atoms with E-state index in [1.165, 1.54) is 0 Å². The Morgan fingerprint density at radius 2 is 2.36 bits per heavy atom. The molecule has 2 heterocycles. The Bertz CT molecular complexity index is 507. The van der Waals surface area contributed by atoms with Crippen molar-refractivity contribution in [1.82, 2.24) is 10.3 Å². The number of nitrogens with zero attached hydrogens (tertiary/aromatic N) is 2. The second kappa shape index (κ2) is 8.63. The van der Waals surface area contributed by atoms with Gasteiger partial charge in [0.15, 0.2) is 0 Å². The van der Waals surface area contributed by atoms with Crippen molar-refractivity contribution in [3.63, 3.8) is 0 Å². The number of aromatic nitrogens is 1. The molecule has 1 saturated heterocycles. The molecule has 0 bridgehead atoms. The van der Waals surface area contributed by atoms with Gasteiger partial charge in [-0.2, -0.15) is 11.8 Å². The summed E-state index contributed by atoms with van der Waals surface area (Å²) in [6.45, 7) is 3.85. The minimum absolute atomic E-state index is 0.00648. The van der Waals surface area contributed by atoms with Crippen molar-refractivity contribution in [3.05, 3.63) is 18.3 Å². The van der Waals surface area contributed by atoms with Crippen LogP contribution in [-0.2, 0) is 9.59 Å². The number of rotatable bonds is 7. The van der Waals surface area contributed by atoms with E-state index in [1.54, 1.807) is 18.0 Å². The maximum atomic E-state index is 11.8. The Labute approximate surface area is 135 Å². The van der Waals surface area contributed by atoms with Gasteiger partial charge in [0, 0.05) is 13.1 Å². The number of pyridine rings is 1. The number of carbonyl (C=O) groups is 2. The van der Waals surface area contributed by atoms with E-state index in [0.717, 1.165) is 31.0 Å². The first kappa shape index (κ1) is 16.6. The number of nitrogens with one attached hydrogen (secondary N) is 2. The summed E-state index contributed by atoms with van der Waals surface area (Å²) in [5.41, 5.74) is 0.686. The minimum Gasteiger partial charge on any atom is -0.353 e. The van der Waals surface area contributed by atoms with Gasteiger partial charge in [0.05, 0.1) is 24.2 Å². The number of piperazine rings is 1. The quantitative estimate of drug-likeness (QED) is 0.744. The van der Waals surface area contributed by atoms with Crippen LogP contribution in [0.1, 0.15) is 19.8 Å². The third kappa shape index (κ3) is 5.22. The molecule has 2 N–H and O–H groups in total. The lowest BCUT2D eigenvalue weighted by Gasteiger charge is -2.27. The predicted molar refractivity (Wildman–Crippen MR) is 90.3 cm³/mol. The topological polar surface area (TPSA) is 74.3 Å². The zero-order valence-corrected chi connectivity index (χ0v) is 13.6. The summed E-state index contributed by atoms with van der Waals surface area (Å²) >= 11 is 1.65. The van der Waals surface area contributed by atoms with E-state index >= 15 is 0 Å². The molecule has 120 valence electrons. The Morgan fingerprint density at radius 3 is 3.05 bits per heavy atom. The molecule has 1 fully saturated rings. The molecule has 7 heteroatoms. The zero-order valence-electron chi connectivity index (χ0n) is 12.8. The van der Waals surface area contributed by atoms with Crippen LogP contribution in [-0.4, -0.2) is 47.9 Å². The third-order valence-electron chi connectivity index (χ3n) is 3.27. The Hall–Kier alpha value is -1.76. The molecule has 0 unspecified atom stereocenters. The highest BCUT2D eigenvalue weighted by atomic mass is 32.2. The van der Waals surface area contributed by atoms with Gasteiger partial charge < -0.3 is 15.5 Å². The van der Waals surface area contributed by atoms with Crippen LogP contribution in [0.3, 0.4) is 0 Å². The SMILES string of the molecule is CCCCSCC(=O)Nc1ccc(N2CCNC(=O)C2)nc1. The molecule has 0 aliphatic carbocycles. The van der Waals surface area contributed by atoms with Crippen LogP contribution in [0.2, 0.25) is 0 Å². The summed E-state index contributed by atoms with van der Waals surface area (Å²) in [7, 11) is 0. The van der Waals surface area contributed by atoms with E-state index in [9.17, 15) is 9.59 Å². The van der Waals surface area contributed by atoms with Gasteiger partial charge in [-0.25, -0.2) is 4.98 Å². The Morgan fingerprint density at radius 1 is 1.50 bits per heavy atom. The van der Waals surface area contributed by atoms with E-state index in [2.05, 4.69) is 22.5 Å². The fourth-order valence-electron chi connectivity index (χ4n) is 2.09. The van der Waals surface area contributed by atoms with Crippen LogP contribution < -0.4 is 15.5 Å². The first-order valence-corrected chi connectivity index (χ1v) is 8.70. The van der Waals surface area contributed by atoms with Crippen LogP contribution in [0, 0.1) is 0 Å². The predicted octanol–water partition coefficient (Wildman–Crippen LogP) is 1.49. The Balaban J connectivity index is 1.81. The standard InChI is InChI=1S/C15H22N4O2S/c1-2-3-8-22-11-15(21)18-12-4-5-13(17-9-12)19-7-6-16-14(20)10-19/h4-5,9H,2-3,6-8,10-11H2,1H3,(H,16,20)(H,18,21). The molecule has 1 aliphatic heterocycles. The van der Waals surface area contributed by atoms with E-state index < -0.39 is 0 Å². The summed E-state index contributed by atoms with van der Waals surface area (Å²) in [5, 5.41) is 5.62. The number of anilines is 2. The normalized spacial score (nSPS) is 14.6. The maximum absolute atomic E-state index is 11.8. The number of hydrogen-bond donors (Lipinski definition) is 2. The molecule has 22 heavy (non-hydrogen) atoms. The second-order valence-corrected chi connectivity index (χ2v) is 6.24. The van der Waals surface area contributed by atoms with Gasteiger partial charge in [0.2, 0.25) is 11.8 Å². The molecule has 2 amide bonds. The van der Waals surface area contributed by atoms with Crippen molar-refractivity contribution < 1.29 is 9.59 Å². The average Bonchev–Trinajstić information content (AvgIpc) is 2.52. The first-order chi connectivity index (χ1) is 10.7. The summed E-state index contributed by atoms with van der Waals surface area (Å²) < 4.78 is 0. The largest absolute Gasteiger partial charge is 0.353 e. The molecule has 1 aliphatic rings. The van der Waals surface area contributed by atoms with E-state index in [4.69, 9.17) is 0 Å². The summed E-state index contributed by atoms with van der Waals surface area (Å²) in [6.07, 6.45) is 3.92. The molecule has 1 aromatic heterocycles. The Kier molecular flexibility index (Phi) is 6.51. The summed E-state index contributed by atoms with van der Waals surface area (Å²) in [6, 6.07) is 3.65. The minimum atomic E-state index is -0.00648. The van der Waals surface area contributed by atoms with E-state index in [-0.39, 0.29) is 11.8 Å².